The molecule has 5 aromatic rings. The molecular formula is C56H62N8O11S. The predicted molar refractivity (Wildman–Crippen MR) is 285 cm³/mol. The third-order valence-electron chi connectivity index (χ3n) is 13.6. The number of aromatic nitrogens is 1. The highest BCUT2D eigenvalue weighted by Crippen LogP contribution is 2.36. The first-order chi connectivity index (χ1) is 37.1. The van der Waals surface area contributed by atoms with Crippen LogP contribution in [-0.4, -0.2) is 160 Å². The maximum Gasteiger partial charge on any atom is 0.264 e. The number of ether oxygens (including phenoxy) is 5. The zero-order valence-corrected chi connectivity index (χ0v) is 43.1. The van der Waals surface area contributed by atoms with Crippen LogP contribution in [0.15, 0.2) is 115 Å². The molecule has 3 N–H and O–H groups in total. The molecule has 0 aliphatic carbocycles. The second-order valence-electron chi connectivity index (χ2n) is 18.5. The number of nitrogens with zero attached hydrogens (tertiary/aromatic N) is 5. The fourth-order valence-corrected chi connectivity index (χ4v) is 10.2. The lowest BCUT2D eigenvalue weighted by Gasteiger charge is -2.36. The minimum Gasteiger partial charge on any atom is -0.382 e. The van der Waals surface area contributed by atoms with E-state index in [1.54, 1.807) is 34.7 Å². The molecule has 1 aromatic heterocycles. The van der Waals surface area contributed by atoms with E-state index < -0.39 is 29.8 Å². The minimum absolute atomic E-state index is 0.0626. The lowest BCUT2D eigenvalue weighted by Crippen LogP contribution is -2.51. The smallest absolute Gasteiger partial charge is 0.264 e. The van der Waals surface area contributed by atoms with Gasteiger partial charge in [-0.15, -0.1) is 11.3 Å². The number of imide groups is 1. The van der Waals surface area contributed by atoms with Gasteiger partial charge in [0.2, 0.25) is 11.8 Å². The lowest BCUT2D eigenvalue weighted by atomic mass is 10.00. The van der Waals surface area contributed by atoms with Crippen LogP contribution < -0.4 is 20.9 Å². The Hall–Kier alpha value is -7.33. The molecule has 20 heteroatoms. The summed E-state index contributed by atoms with van der Waals surface area (Å²) >= 11 is 1.33. The lowest BCUT2D eigenvalue weighted by molar-refractivity contribution is -0.132. The number of amides is 6. The van der Waals surface area contributed by atoms with E-state index in [1.807, 2.05) is 53.4 Å². The van der Waals surface area contributed by atoms with Crippen LogP contribution in [0, 0.1) is 0 Å². The van der Waals surface area contributed by atoms with E-state index in [0.29, 0.717) is 147 Å². The topological polar surface area (TPSA) is 211 Å². The maximum absolute atomic E-state index is 14.0. The van der Waals surface area contributed by atoms with Gasteiger partial charge in [-0.05, 0) is 65.4 Å². The fraction of sp³-hybridized carbons (Fsp3) is 0.375. The molecule has 2 atom stereocenters. The molecule has 5 heterocycles. The van der Waals surface area contributed by atoms with Gasteiger partial charge in [0.1, 0.15) is 12.1 Å². The number of allylic oxidation sites excluding steroid dienone is 1. The zero-order chi connectivity index (χ0) is 52.8. The van der Waals surface area contributed by atoms with Crippen molar-refractivity contribution in [1.82, 2.24) is 25.0 Å². The van der Waals surface area contributed by atoms with E-state index in [-0.39, 0.29) is 28.8 Å². The van der Waals surface area contributed by atoms with Crippen LogP contribution in [0.25, 0.3) is 11.1 Å². The number of hydrogen-bond acceptors (Lipinski definition) is 15. The van der Waals surface area contributed by atoms with E-state index in [4.69, 9.17) is 23.7 Å². The van der Waals surface area contributed by atoms with E-state index in [0.717, 1.165) is 32.8 Å². The predicted octanol–water partition coefficient (Wildman–Crippen LogP) is 5.77. The molecule has 0 bridgehead atoms. The normalized spacial score (nSPS) is 16.7. The van der Waals surface area contributed by atoms with Crippen molar-refractivity contribution in [3.05, 3.63) is 143 Å². The van der Waals surface area contributed by atoms with E-state index >= 15 is 0 Å². The maximum atomic E-state index is 14.0. The molecule has 0 radical (unpaired) electrons. The van der Waals surface area contributed by atoms with Gasteiger partial charge in [0.15, 0.2) is 5.13 Å². The summed E-state index contributed by atoms with van der Waals surface area (Å²) in [7, 11) is 0. The molecule has 0 saturated carbocycles. The van der Waals surface area contributed by atoms with Crippen molar-refractivity contribution < 1.29 is 52.5 Å². The molecule has 9 rings (SSSR count). The molecule has 2 fully saturated rings. The Bertz CT molecular complexity index is 2860. The number of nitrogens with one attached hydrogen (secondary N) is 3. The largest absolute Gasteiger partial charge is 0.382 e. The molecule has 6 amide bonds. The molecule has 19 nitrogen and oxygen atoms in total. The monoisotopic (exact) mass is 1050 g/mol. The Morgan fingerprint density at radius 1 is 0.724 bits per heavy atom. The highest BCUT2D eigenvalue weighted by atomic mass is 32.1. The van der Waals surface area contributed by atoms with Crippen molar-refractivity contribution in [2.24, 2.45) is 0 Å². The highest BCUT2D eigenvalue weighted by molar-refractivity contribution is 7.13. The Morgan fingerprint density at radius 2 is 1.39 bits per heavy atom. The molecule has 398 valence electrons. The first kappa shape index (κ1) is 53.5. The number of piperazine rings is 1. The first-order valence-electron chi connectivity index (χ1n) is 25.6. The Morgan fingerprint density at radius 3 is 2.07 bits per heavy atom. The summed E-state index contributed by atoms with van der Waals surface area (Å²) in [5.74, 6) is -1.82. The summed E-state index contributed by atoms with van der Waals surface area (Å²) in [6.07, 6.45) is 2.77. The van der Waals surface area contributed by atoms with Crippen LogP contribution >= 0.6 is 11.3 Å². The number of rotatable bonds is 26. The van der Waals surface area contributed by atoms with Gasteiger partial charge in [0, 0.05) is 73.5 Å². The molecule has 0 spiro atoms. The van der Waals surface area contributed by atoms with Crippen LogP contribution in [0.3, 0.4) is 0 Å². The second-order valence-corrected chi connectivity index (χ2v) is 19.3. The zero-order valence-electron chi connectivity index (χ0n) is 42.2. The number of anilines is 3. The fourth-order valence-electron chi connectivity index (χ4n) is 9.66. The van der Waals surface area contributed by atoms with Gasteiger partial charge in [0.25, 0.3) is 23.6 Å². The second kappa shape index (κ2) is 25.9. The van der Waals surface area contributed by atoms with E-state index in [2.05, 4.69) is 56.7 Å². The summed E-state index contributed by atoms with van der Waals surface area (Å²) in [6.45, 7) is 10.9. The average Bonchev–Trinajstić information content (AvgIpc) is 4.16. The van der Waals surface area contributed by atoms with Gasteiger partial charge in [-0.3, -0.25) is 39.0 Å². The molecule has 4 aliphatic rings. The highest BCUT2D eigenvalue weighted by Gasteiger charge is 2.45. The Kier molecular flexibility index (Phi) is 18.3. The number of carbonyl (C=O) groups is 6. The van der Waals surface area contributed by atoms with Crippen LogP contribution in [0.5, 0.6) is 0 Å². The SMILES string of the molecule is C=C1CCC(N2C(=O)c3cccc(NCCOCCOCCOCCOCCOCCC(=O)N4CCN(c5ccc(-c6ccc7c(c6)C(=O)N(C(C(=O)Nc6nccs6)c6ccccc6)C7)cc5)CC4)c3C2=O)C(=O)N1. The third kappa shape index (κ3) is 13.0. The number of thiazole rings is 1. The van der Waals surface area contributed by atoms with Crippen molar-refractivity contribution >= 4 is 63.3 Å². The average molecular weight is 1060 g/mol. The number of fused-ring (bicyclic) bond motifs is 2. The van der Waals surface area contributed by atoms with E-state index in [1.165, 1.54) is 11.3 Å². The summed E-state index contributed by atoms with van der Waals surface area (Å²) in [5, 5.41) is 11.0. The minimum atomic E-state index is -0.866. The number of carbonyl (C=O) groups excluding carboxylic acids is 6. The van der Waals surface area contributed by atoms with Crippen molar-refractivity contribution in [2.45, 2.75) is 37.9 Å². The van der Waals surface area contributed by atoms with Gasteiger partial charge >= 0.3 is 0 Å². The standard InChI is InChI=1S/C56H62N8O11S/c1-38-10-17-47(51(66)59-38)64-54(69)44-8-5-9-46(49(44)55(64)70)57-19-26-72-28-30-74-32-34-75-33-31-73-29-27-71-25-18-48(65)62-23-21-61(22-24-62)43-15-13-39(14-16-43)41-11-12-42-37-63(53(68)45(42)36-41)50(40-6-3-2-4-7-40)52(67)60-56-58-20-35-76-56/h2-9,11-16,20,35-36,47,50,57H,1,10,17-19,21-34,37H2,(H,59,66)(H,58,60,67). The Balaban J connectivity index is 0.585. The summed E-state index contributed by atoms with van der Waals surface area (Å²) in [5.41, 5.74) is 6.74. The Labute approximate surface area is 445 Å². The molecule has 2 unspecified atom stereocenters. The molecule has 76 heavy (non-hydrogen) atoms. The van der Waals surface area contributed by atoms with Crippen molar-refractivity contribution in [3.8, 4) is 11.1 Å². The molecular weight excluding hydrogens is 993 g/mol. The third-order valence-corrected chi connectivity index (χ3v) is 14.3. The first-order valence-corrected chi connectivity index (χ1v) is 26.5. The quantitative estimate of drug-likeness (QED) is 0.0444. The molecule has 2 saturated heterocycles. The van der Waals surface area contributed by atoms with Gasteiger partial charge in [-0.2, -0.15) is 0 Å². The van der Waals surface area contributed by atoms with Gasteiger partial charge in [-0.1, -0.05) is 67.2 Å². The van der Waals surface area contributed by atoms with Crippen LogP contribution in [0.4, 0.5) is 16.5 Å². The van der Waals surface area contributed by atoms with Crippen molar-refractivity contribution in [1.29, 1.82) is 0 Å². The summed E-state index contributed by atoms with van der Waals surface area (Å²) in [4.78, 5) is 90.5. The van der Waals surface area contributed by atoms with E-state index in [9.17, 15) is 28.8 Å². The van der Waals surface area contributed by atoms with Gasteiger partial charge in [-0.25, -0.2) is 4.98 Å². The van der Waals surface area contributed by atoms with Crippen LogP contribution in [0.1, 0.15) is 67.5 Å². The molecule has 4 aliphatic heterocycles. The number of piperidine rings is 1. The van der Waals surface area contributed by atoms with Crippen molar-refractivity contribution in [2.75, 3.05) is 114 Å². The van der Waals surface area contributed by atoms with Crippen LogP contribution in [0.2, 0.25) is 0 Å². The van der Waals surface area contributed by atoms with Crippen molar-refractivity contribution in [3.63, 3.8) is 0 Å². The molecule has 4 aromatic carbocycles. The summed E-state index contributed by atoms with van der Waals surface area (Å²) in [6, 6.07) is 26.8. The van der Waals surface area contributed by atoms with Gasteiger partial charge in [0.05, 0.1) is 83.6 Å². The number of benzene rings is 4. The van der Waals surface area contributed by atoms with Gasteiger partial charge < -0.3 is 49.0 Å². The summed E-state index contributed by atoms with van der Waals surface area (Å²) < 4.78 is 28.1. The van der Waals surface area contributed by atoms with Crippen LogP contribution in [-0.2, 0) is 44.6 Å². The number of hydrogen-bond donors (Lipinski definition) is 3.